The summed E-state index contributed by atoms with van der Waals surface area (Å²) in [6.45, 7) is 2.54. The minimum atomic E-state index is 0.0810. The molecule has 0 aromatic heterocycles. The molecule has 4 fully saturated rings. The molecule has 0 aliphatic carbocycles. The van der Waals surface area contributed by atoms with Crippen LogP contribution in [0.3, 0.4) is 0 Å². The molecule has 0 amide bonds. The predicted octanol–water partition coefficient (Wildman–Crippen LogP) is 0.552. The Hall–Kier alpha value is -0.160. The summed E-state index contributed by atoms with van der Waals surface area (Å²) in [4.78, 5) is 0. The first-order valence-electron chi connectivity index (χ1n) is 5.92. The van der Waals surface area contributed by atoms with Crippen molar-refractivity contribution in [3.63, 3.8) is 0 Å². The number of ether oxygens (including phenoxy) is 4. The van der Waals surface area contributed by atoms with Crippen molar-refractivity contribution in [1.82, 2.24) is 0 Å². The molecule has 4 aliphatic rings. The van der Waals surface area contributed by atoms with E-state index in [2.05, 4.69) is 0 Å². The number of fused-ring (bicyclic) bond motifs is 2. The fourth-order valence-corrected chi connectivity index (χ4v) is 3.20. The minimum Gasteiger partial charge on any atom is -0.379 e. The molecule has 0 saturated carbocycles. The molecule has 4 heterocycles. The molecule has 84 valence electrons. The lowest BCUT2D eigenvalue weighted by atomic mass is 9.81. The van der Waals surface area contributed by atoms with E-state index >= 15 is 0 Å². The van der Waals surface area contributed by atoms with Crippen LogP contribution in [0.2, 0.25) is 0 Å². The second-order valence-corrected chi connectivity index (χ2v) is 5.04. The van der Waals surface area contributed by atoms with E-state index in [9.17, 15) is 0 Å². The maximum absolute atomic E-state index is 5.85. The summed E-state index contributed by atoms with van der Waals surface area (Å²) in [7, 11) is 0. The molecule has 0 spiro atoms. The Morgan fingerprint density at radius 1 is 1.00 bits per heavy atom. The highest BCUT2D eigenvalue weighted by Gasteiger charge is 2.54. The zero-order valence-corrected chi connectivity index (χ0v) is 8.63. The summed E-state index contributed by atoms with van der Waals surface area (Å²) in [5, 5.41) is 0. The van der Waals surface area contributed by atoms with E-state index in [4.69, 9.17) is 18.9 Å². The topological polar surface area (TPSA) is 36.9 Å². The van der Waals surface area contributed by atoms with Gasteiger partial charge in [0.2, 0.25) is 0 Å². The van der Waals surface area contributed by atoms with Gasteiger partial charge in [-0.05, 0) is 12.8 Å². The normalized spacial score (nSPS) is 57.6. The molecule has 4 heteroatoms. The Bertz CT molecular complexity index is 257. The van der Waals surface area contributed by atoms with Crippen LogP contribution in [0, 0.1) is 11.8 Å². The molecule has 0 aromatic carbocycles. The third-order valence-corrected chi connectivity index (χ3v) is 4.18. The summed E-state index contributed by atoms with van der Waals surface area (Å²) in [6.07, 6.45) is 3.27. The van der Waals surface area contributed by atoms with Crippen molar-refractivity contribution >= 4 is 0 Å². The summed E-state index contributed by atoms with van der Waals surface area (Å²) in [5.74, 6) is 1.30. The van der Waals surface area contributed by atoms with Crippen LogP contribution in [0.4, 0.5) is 0 Å². The average Bonchev–Trinajstić information content (AvgIpc) is 2.47. The van der Waals surface area contributed by atoms with Crippen molar-refractivity contribution in [2.24, 2.45) is 11.8 Å². The Labute approximate surface area is 88.8 Å². The van der Waals surface area contributed by atoms with Crippen LogP contribution < -0.4 is 0 Å². The maximum Gasteiger partial charge on any atom is 0.163 e. The van der Waals surface area contributed by atoms with Gasteiger partial charge in [-0.2, -0.15) is 0 Å². The quantitative estimate of drug-likeness (QED) is 0.636. The van der Waals surface area contributed by atoms with Crippen LogP contribution in [-0.4, -0.2) is 44.4 Å². The van der Waals surface area contributed by atoms with Crippen molar-refractivity contribution in [3.8, 4) is 0 Å². The monoisotopic (exact) mass is 212 g/mol. The summed E-state index contributed by atoms with van der Waals surface area (Å²) < 4.78 is 22.4. The van der Waals surface area contributed by atoms with Crippen LogP contribution in [-0.2, 0) is 18.9 Å². The van der Waals surface area contributed by atoms with Crippen LogP contribution >= 0.6 is 0 Å². The van der Waals surface area contributed by atoms with Gasteiger partial charge in [0.25, 0.3) is 0 Å². The zero-order chi connectivity index (χ0) is 9.83. The second kappa shape index (κ2) is 3.17. The van der Waals surface area contributed by atoms with Crippen molar-refractivity contribution in [2.45, 2.75) is 37.4 Å². The lowest BCUT2D eigenvalue weighted by molar-refractivity contribution is -0.286. The van der Waals surface area contributed by atoms with E-state index in [-0.39, 0.29) is 12.4 Å². The Morgan fingerprint density at radius 3 is 2.67 bits per heavy atom. The van der Waals surface area contributed by atoms with Crippen molar-refractivity contribution in [3.05, 3.63) is 0 Å². The lowest BCUT2D eigenvalue weighted by Gasteiger charge is -2.49. The number of hydrogen-bond donors (Lipinski definition) is 0. The molecule has 15 heavy (non-hydrogen) atoms. The third kappa shape index (κ3) is 1.22. The van der Waals surface area contributed by atoms with Crippen LogP contribution in [0.1, 0.15) is 12.8 Å². The number of rotatable bonds is 1. The van der Waals surface area contributed by atoms with Crippen LogP contribution in [0.5, 0.6) is 0 Å². The number of hydrogen-bond acceptors (Lipinski definition) is 4. The zero-order valence-electron chi connectivity index (χ0n) is 8.63. The molecule has 6 atom stereocenters. The van der Waals surface area contributed by atoms with Gasteiger partial charge in [-0.1, -0.05) is 0 Å². The van der Waals surface area contributed by atoms with Crippen LogP contribution in [0.15, 0.2) is 0 Å². The second-order valence-electron chi connectivity index (χ2n) is 5.04. The van der Waals surface area contributed by atoms with Gasteiger partial charge >= 0.3 is 0 Å². The van der Waals surface area contributed by atoms with Gasteiger partial charge < -0.3 is 18.9 Å². The van der Waals surface area contributed by atoms with Gasteiger partial charge in [0.15, 0.2) is 6.29 Å². The van der Waals surface area contributed by atoms with Gasteiger partial charge in [-0.25, -0.2) is 0 Å². The van der Waals surface area contributed by atoms with Gasteiger partial charge in [0, 0.05) is 18.4 Å². The van der Waals surface area contributed by atoms with E-state index in [1.165, 1.54) is 0 Å². The SMILES string of the molecule is C1CC2C(CO1)OC2C1CC2COC2O1. The van der Waals surface area contributed by atoms with Crippen molar-refractivity contribution < 1.29 is 18.9 Å². The molecule has 4 saturated heterocycles. The van der Waals surface area contributed by atoms with Gasteiger partial charge in [0.05, 0.1) is 31.5 Å². The largest absolute Gasteiger partial charge is 0.379 e. The highest BCUT2D eigenvalue weighted by molar-refractivity contribution is 4.98. The maximum atomic E-state index is 5.85. The molecule has 4 nitrogen and oxygen atoms in total. The van der Waals surface area contributed by atoms with Crippen LogP contribution in [0.25, 0.3) is 0 Å². The predicted molar refractivity (Wildman–Crippen MR) is 50.3 cm³/mol. The first kappa shape index (κ1) is 8.93. The molecule has 4 rings (SSSR count). The molecular weight excluding hydrogens is 196 g/mol. The molecule has 0 N–H and O–H groups in total. The Kier molecular flexibility index (Phi) is 1.89. The molecule has 0 radical (unpaired) electrons. The van der Waals surface area contributed by atoms with E-state index in [1.807, 2.05) is 0 Å². The Morgan fingerprint density at radius 2 is 2.00 bits per heavy atom. The summed E-state index contributed by atoms with van der Waals surface area (Å²) in [6, 6.07) is 0. The van der Waals surface area contributed by atoms with Gasteiger partial charge in [-0.3, -0.25) is 0 Å². The third-order valence-electron chi connectivity index (χ3n) is 4.18. The average molecular weight is 212 g/mol. The smallest absolute Gasteiger partial charge is 0.163 e. The highest BCUT2D eigenvalue weighted by Crippen LogP contribution is 2.44. The van der Waals surface area contributed by atoms with E-state index < -0.39 is 0 Å². The molecule has 4 aliphatic heterocycles. The van der Waals surface area contributed by atoms with E-state index in [0.717, 1.165) is 32.7 Å². The van der Waals surface area contributed by atoms with Crippen molar-refractivity contribution in [1.29, 1.82) is 0 Å². The minimum absolute atomic E-state index is 0.0810. The first-order valence-corrected chi connectivity index (χ1v) is 5.92. The Balaban J connectivity index is 1.42. The summed E-state index contributed by atoms with van der Waals surface area (Å²) >= 11 is 0. The molecular formula is C11H16O4. The van der Waals surface area contributed by atoms with Crippen molar-refractivity contribution in [2.75, 3.05) is 19.8 Å². The lowest BCUT2D eigenvalue weighted by Crippen LogP contribution is -2.58. The highest BCUT2D eigenvalue weighted by atomic mass is 16.7. The standard InChI is InChI=1S/C11H16O4/c1-2-12-5-9-7(1)10(14-9)8-3-6-4-13-11(6)15-8/h6-11H,1-5H2. The van der Waals surface area contributed by atoms with E-state index in [1.54, 1.807) is 0 Å². The van der Waals surface area contributed by atoms with Gasteiger partial charge in [0.1, 0.15) is 0 Å². The fourth-order valence-electron chi connectivity index (χ4n) is 3.20. The fraction of sp³-hybridized carbons (Fsp3) is 1.00. The molecule has 0 bridgehead atoms. The first-order chi connectivity index (χ1) is 7.42. The molecule has 0 aromatic rings. The van der Waals surface area contributed by atoms with E-state index in [0.29, 0.717) is 24.0 Å². The summed E-state index contributed by atoms with van der Waals surface area (Å²) in [5.41, 5.74) is 0. The van der Waals surface area contributed by atoms with Gasteiger partial charge in [-0.15, -0.1) is 0 Å². The molecule has 6 unspecified atom stereocenters.